The fourth-order valence-electron chi connectivity index (χ4n) is 1.60. The van der Waals surface area contributed by atoms with Crippen LogP contribution in [0.3, 0.4) is 0 Å². The predicted octanol–water partition coefficient (Wildman–Crippen LogP) is 4.10. The third kappa shape index (κ3) is 3.21. The Labute approximate surface area is 114 Å². The molecule has 1 N–H and O–H groups in total. The van der Waals surface area contributed by atoms with Gasteiger partial charge in [-0.3, -0.25) is 0 Å². The van der Waals surface area contributed by atoms with Gasteiger partial charge in [0.2, 0.25) is 0 Å². The summed E-state index contributed by atoms with van der Waals surface area (Å²) < 4.78 is 27.0. The minimum absolute atomic E-state index is 0.0832. The molecule has 2 aromatic carbocycles. The van der Waals surface area contributed by atoms with Crippen LogP contribution in [-0.4, -0.2) is 0 Å². The van der Waals surface area contributed by atoms with Gasteiger partial charge in [0.25, 0.3) is 0 Å². The molecule has 0 aliphatic heterocycles. The molecule has 0 saturated heterocycles. The molecular weight excluding hydrogens is 270 g/mol. The van der Waals surface area contributed by atoms with Crippen molar-refractivity contribution in [1.29, 1.82) is 5.26 Å². The minimum Gasteiger partial charge on any atom is -0.378 e. The van der Waals surface area contributed by atoms with Gasteiger partial charge in [-0.1, -0.05) is 11.6 Å². The molecule has 0 aromatic heterocycles. The quantitative estimate of drug-likeness (QED) is 0.917. The van der Waals surface area contributed by atoms with Gasteiger partial charge >= 0.3 is 0 Å². The van der Waals surface area contributed by atoms with Crippen molar-refractivity contribution in [3.8, 4) is 6.07 Å². The first-order valence-corrected chi connectivity index (χ1v) is 5.85. The van der Waals surface area contributed by atoms with Gasteiger partial charge in [-0.05, 0) is 36.4 Å². The molecule has 0 amide bonds. The van der Waals surface area contributed by atoms with E-state index >= 15 is 0 Å². The number of nitrogens with zero attached hydrogens (tertiary/aromatic N) is 1. The standard InChI is InChI=1S/C14H9ClF2N2/c15-11-2-4-14(13(17)6-11)19-8-10-5-9(7-18)1-3-12(10)16/h1-6,19H,8H2. The second kappa shape index (κ2) is 5.68. The second-order valence-corrected chi connectivity index (χ2v) is 4.33. The lowest BCUT2D eigenvalue weighted by Crippen LogP contribution is -2.03. The van der Waals surface area contributed by atoms with Gasteiger partial charge in [-0.25, -0.2) is 8.78 Å². The molecule has 19 heavy (non-hydrogen) atoms. The maximum atomic E-state index is 13.5. The summed E-state index contributed by atoms with van der Waals surface area (Å²) in [5.74, 6) is -0.954. The Kier molecular flexibility index (Phi) is 3.98. The van der Waals surface area contributed by atoms with Crippen molar-refractivity contribution in [2.75, 3.05) is 5.32 Å². The van der Waals surface area contributed by atoms with Gasteiger partial charge in [-0.15, -0.1) is 0 Å². The summed E-state index contributed by atoms with van der Waals surface area (Å²) in [4.78, 5) is 0. The number of hydrogen-bond donors (Lipinski definition) is 1. The van der Waals surface area contributed by atoms with Crippen molar-refractivity contribution in [2.45, 2.75) is 6.54 Å². The van der Waals surface area contributed by atoms with Crippen LogP contribution in [-0.2, 0) is 6.54 Å². The third-order valence-corrected chi connectivity index (χ3v) is 2.81. The first-order valence-electron chi connectivity index (χ1n) is 5.47. The average Bonchev–Trinajstić information content (AvgIpc) is 2.39. The van der Waals surface area contributed by atoms with E-state index in [1.165, 1.54) is 36.4 Å². The van der Waals surface area contributed by atoms with Gasteiger partial charge in [0.05, 0.1) is 17.3 Å². The molecule has 96 valence electrons. The monoisotopic (exact) mass is 278 g/mol. The maximum Gasteiger partial charge on any atom is 0.147 e. The van der Waals surface area contributed by atoms with E-state index in [4.69, 9.17) is 16.9 Å². The zero-order valence-corrected chi connectivity index (χ0v) is 10.5. The largest absolute Gasteiger partial charge is 0.378 e. The SMILES string of the molecule is N#Cc1ccc(F)c(CNc2ccc(Cl)cc2F)c1. The van der Waals surface area contributed by atoms with E-state index in [1.807, 2.05) is 6.07 Å². The Morgan fingerprint density at radius 2 is 1.89 bits per heavy atom. The van der Waals surface area contributed by atoms with Crippen molar-refractivity contribution in [1.82, 2.24) is 0 Å². The number of halogens is 3. The summed E-state index contributed by atoms with van der Waals surface area (Å²) in [6.07, 6.45) is 0. The van der Waals surface area contributed by atoms with Crippen LogP contribution in [0.25, 0.3) is 0 Å². The molecule has 2 rings (SSSR count). The molecule has 0 atom stereocenters. The highest BCUT2D eigenvalue weighted by Crippen LogP contribution is 2.20. The van der Waals surface area contributed by atoms with Crippen LogP contribution in [0.5, 0.6) is 0 Å². The van der Waals surface area contributed by atoms with Gasteiger partial charge in [-0.2, -0.15) is 5.26 Å². The van der Waals surface area contributed by atoms with E-state index in [9.17, 15) is 8.78 Å². The molecule has 0 spiro atoms. The molecule has 0 radical (unpaired) electrons. The van der Waals surface area contributed by atoms with E-state index < -0.39 is 11.6 Å². The third-order valence-electron chi connectivity index (χ3n) is 2.58. The van der Waals surface area contributed by atoms with Crippen LogP contribution in [0.1, 0.15) is 11.1 Å². The minimum atomic E-state index is -0.510. The summed E-state index contributed by atoms with van der Waals surface area (Å²) in [5.41, 5.74) is 0.884. The van der Waals surface area contributed by atoms with Crippen LogP contribution >= 0.6 is 11.6 Å². The summed E-state index contributed by atoms with van der Waals surface area (Å²) in [6.45, 7) is 0.0832. The van der Waals surface area contributed by atoms with E-state index in [0.29, 0.717) is 16.1 Å². The average molecular weight is 279 g/mol. The summed E-state index contributed by atoms with van der Waals surface area (Å²) in [6, 6.07) is 10.1. The molecule has 0 aliphatic rings. The molecule has 0 bridgehead atoms. The number of nitrogens with one attached hydrogen (secondary N) is 1. The number of nitriles is 1. The highest BCUT2D eigenvalue weighted by molar-refractivity contribution is 6.30. The number of rotatable bonds is 3. The van der Waals surface area contributed by atoms with Crippen molar-refractivity contribution in [2.24, 2.45) is 0 Å². The first kappa shape index (κ1) is 13.3. The first-order chi connectivity index (χ1) is 9.10. The van der Waals surface area contributed by atoms with Crippen molar-refractivity contribution >= 4 is 17.3 Å². The molecule has 5 heteroatoms. The zero-order valence-electron chi connectivity index (χ0n) is 9.75. The van der Waals surface area contributed by atoms with Gasteiger partial charge in [0, 0.05) is 17.1 Å². The van der Waals surface area contributed by atoms with Crippen LogP contribution in [0.15, 0.2) is 36.4 Å². The molecule has 0 unspecified atom stereocenters. The topological polar surface area (TPSA) is 35.8 Å². The summed E-state index contributed by atoms with van der Waals surface area (Å²) in [7, 11) is 0. The lowest BCUT2D eigenvalue weighted by molar-refractivity contribution is 0.610. The van der Waals surface area contributed by atoms with Gasteiger partial charge in [0.15, 0.2) is 0 Å². The second-order valence-electron chi connectivity index (χ2n) is 3.90. The molecular formula is C14H9ClF2N2. The van der Waals surface area contributed by atoms with Crippen molar-refractivity contribution in [3.05, 3.63) is 64.2 Å². The molecule has 0 fully saturated rings. The summed E-state index contributed by atoms with van der Waals surface area (Å²) in [5, 5.41) is 11.8. The van der Waals surface area contributed by atoms with Crippen LogP contribution in [0.2, 0.25) is 5.02 Å². The lowest BCUT2D eigenvalue weighted by Gasteiger charge is -2.09. The van der Waals surface area contributed by atoms with E-state index in [2.05, 4.69) is 5.32 Å². The normalized spacial score (nSPS) is 10.0. The fraction of sp³-hybridized carbons (Fsp3) is 0.0714. The highest BCUT2D eigenvalue weighted by Gasteiger charge is 2.06. The fourth-order valence-corrected chi connectivity index (χ4v) is 1.76. The molecule has 0 aliphatic carbocycles. The Morgan fingerprint density at radius 1 is 1.11 bits per heavy atom. The predicted molar refractivity (Wildman–Crippen MR) is 69.9 cm³/mol. The maximum absolute atomic E-state index is 13.5. The van der Waals surface area contributed by atoms with Crippen molar-refractivity contribution in [3.63, 3.8) is 0 Å². The summed E-state index contributed by atoms with van der Waals surface area (Å²) >= 11 is 5.64. The zero-order chi connectivity index (χ0) is 13.8. The van der Waals surface area contributed by atoms with E-state index in [-0.39, 0.29) is 12.2 Å². The van der Waals surface area contributed by atoms with Crippen LogP contribution in [0, 0.1) is 23.0 Å². The number of anilines is 1. The number of hydrogen-bond acceptors (Lipinski definition) is 2. The van der Waals surface area contributed by atoms with E-state index in [0.717, 1.165) is 0 Å². The molecule has 0 saturated carbocycles. The molecule has 2 nitrogen and oxygen atoms in total. The van der Waals surface area contributed by atoms with Crippen LogP contribution < -0.4 is 5.32 Å². The van der Waals surface area contributed by atoms with Crippen molar-refractivity contribution < 1.29 is 8.78 Å². The lowest BCUT2D eigenvalue weighted by atomic mass is 10.1. The highest BCUT2D eigenvalue weighted by atomic mass is 35.5. The molecule has 2 aromatic rings. The number of benzene rings is 2. The van der Waals surface area contributed by atoms with Gasteiger partial charge < -0.3 is 5.32 Å². The molecule has 0 heterocycles. The Morgan fingerprint density at radius 3 is 2.58 bits per heavy atom. The Bertz CT molecular complexity index is 650. The Hall–Kier alpha value is -2.12. The van der Waals surface area contributed by atoms with Crippen LogP contribution in [0.4, 0.5) is 14.5 Å². The van der Waals surface area contributed by atoms with Gasteiger partial charge in [0.1, 0.15) is 11.6 Å². The van der Waals surface area contributed by atoms with E-state index in [1.54, 1.807) is 0 Å². The smallest absolute Gasteiger partial charge is 0.147 e. The Balaban J connectivity index is 2.16.